The van der Waals surface area contributed by atoms with E-state index in [-0.39, 0.29) is 12.3 Å². The number of esters is 1. The Morgan fingerprint density at radius 2 is 2.44 bits per heavy atom. The molecule has 0 aliphatic heterocycles. The maximum absolute atomic E-state index is 11.0. The zero-order chi connectivity index (χ0) is 11.4. The first-order valence-corrected chi connectivity index (χ1v) is 4.59. The highest BCUT2D eigenvalue weighted by Gasteiger charge is 2.12. The SMILES string of the molecule is COC(=O)Cc1nc(-c2cccnc2)no1. The molecule has 0 saturated carbocycles. The molecule has 0 spiro atoms. The van der Waals surface area contributed by atoms with Crippen molar-refractivity contribution in [3.63, 3.8) is 0 Å². The van der Waals surface area contributed by atoms with Crippen LogP contribution in [0.1, 0.15) is 5.89 Å². The number of nitrogens with zero attached hydrogens (tertiary/aromatic N) is 3. The van der Waals surface area contributed by atoms with Crippen molar-refractivity contribution in [2.75, 3.05) is 7.11 Å². The molecule has 6 nitrogen and oxygen atoms in total. The smallest absolute Gasteiger partial charge is 0.315 e. The van der Waals surface area contributed by atoms with E-state index in [1.54, 1.807) is 24.5 Å². The average Bonchev–Trinajstić information content (AvgIpc) is 2.78. The lowest BCUT2D eigenvalue weighted by molar-refractivity contribution is -0.140. The number of rotatable bonds is 3. The van der Waals surface area contributed by atoms with Gasteiger partial charge in [0.2, 0.25) is 11.7 Å². The molecule has 0 fully saturated rings. The number of hydrogen-bond donors (Lipinski definition) is 0. The Balaban J connectivity index is 2.17. The topological polar surface area (TPSA) is 78.1 Å². The van der Waals surface area contributed by atoms with Crippen molar-refractivity contribution < 1.29 is 14.1 Å². The molecule has 0 aliphatic rings. The van der Waals surface area contributed by atoms with Crippen LogP contribution in [0.4, 0.5) is 0 Å². The Morgan fingerprint density at radius 1 is 1.56 bits per heavy atom. The van der Waals surface area contributed by atoms with Crippen LogP contribution < -0.4 is 0 Å². The second kappa shape index (κ2) is 4.52. The van der Waals surface area contributed by atoms with E-state index >= 15 is 0 Å². The first-order valence-electron chi connectivity index (χ1n) is 4.59. The van der Waals surface area contributed by atoms with Gasteiger partial charge in [-0.1, -0.05) is 5.16 Å². The summed E-state index contributed by atoms with van der Waals surface area (Å²) in [6.07, 6.45) is 3.25. The Morgan fingerprint density at radius 3 is 3.12 bits per heavy atom. The van der Waals surface area contributed by atoms with Gasteiger partial charge in [0.05, 0.1) is 7.11 Å². The fourth-order valence-electron chi connectivity index (χ4n) is 1.13. The van der Waals surface area contributed by atoms with Gasteiger partial charge in [-0.2, -0.15) is 4.98 Å². The molecular formula is C10H9N3O3. The first-order chi connectivity index (χ1) is 7.79. The van der Waals surface area contributed by atoms with Gasteiger partial charge in [0.15, 0.2) is 0 Å². The summed E-state index contributed by atoms with van der Waals surface area (Å²) in [6.45, 7) is 0. The second-order valence-corrected chi connectivity index (χ2v) is 3.01. The molecule has 0 saturated heterocycles. The van der Waals surface area contributed by atoms with Crippen LogP contribution in [-0.4, -0.2) is 28.2 Å². The molecule has 82 valence electrons. The quantitative estimate of drug-likeness (QED) is 0.712. The van der Waals surface area contributed by atoms with Crippen molar-refractivity contribution in [2.45, 2.75) is 6.42 Å². The van der Waals surface area contributed by atoms with Crippen LogP contribution in [-0.2, 0) is 16.0 Å². The van der Waals surface area contributed by atoms with Crippen molar-refractivity contribution >= 4 is 5.97 Å². The zero-order valence-electron chi connectivity index (χ0n) is 8.58. The number of ether oxygens (including phenoxy) is 1. The van der Waals surface area contributed by atoms with Gasteiger partial charge in [0.25, 0.3) is 0 Å². The van der Waals surface area contributed by atoms with Gasteiger partial charge in [-0.3, -0.25) is 9.78 Å². The van der Waals surface area contributed by atoms with Gasteiger partial charge in [-0.25, -0.2) is 0 Å². The van der Waals surface area contributed by atoms with Crippen molar-refractivity contribution in [3.8, 4) is 11.4 Å². The first kappa shape index (κ1) is 10.3. The van der Waals surface area contributed by atoms with Crippen molar-refractivity contribution in [3.05, 3.63) is 30.4 Å². The van der Waals surface area contributed by atoms with Crippen LogP contribution in [0, 0.1) is 0 Å². The Labute approximate surface area is 91.3 Å². The standard InChI is InChI=1S/C10H9N3O3/c1-15-9(14)5-8-12-10(13-16-8)7-3-2-4-11-6-7/h2-4,6H,5H2,1H3. The largest absolute Gasteiger partial charge is 0.469 e. The lowest BCUT2D eigenvalue weighted by Crippen LogP contribution is -2.04. The number of carbonyl (C=O) groups is 1. The third-order valence-electron chi connectivity index (χ3n) is 1.91. The summed E-state index contributed by atoms with van der Waals surface area (Å²) in [5.74, 6) is 0.221. The predicted molar refractivity (Wildman–Crippen MR) is 53.2 cm³/mol. The van der Waals surface area contributed by atoms with Crippen LogP contribution in [0.25, 0.3) is 11.4 Å². The van der Waals surface area contributed by atoms with Crippen LogP contribution in [0.2, 0.25) is 0 Å². The summed E-state index contributed by atoms with van der Waals surface area (Å²) < 4.78 is 9.39. The molecule has 2 rings (SSSR count). The van der Waals surface area contributed by atoms with Crippen LogP contribution in [0.15, 0.2) is 29.0 Å². The monoisotopic (exact) mass is 219 g/mol. The molecular weight excluding hydrogens is 210 g/mol. The minimum absolute atomic E-state index is 0.0240. The van der Waals surface area contributed by atoms with Crippen LogP contribution in [0.5, 0.6) is 0 Å². The highest BCUT2D eigenvalue weighted by Crippen LogP contribution is 2.13. The van der Waals surface area contributed by atoms with Gasteiger partial charge in [-0.15, -0.1) is 0 Å². The maximum Gasteiger partial charge on any atom is 0.315 e. The van der Waals surface area contributed by atoms with Gasteiger partial charge < -0.3 is 9.26 Å². The summed E-state index contributed by atoms with van der Waals surface area (Å²) in [7, 11) is 1.31. The van der Waals surface area contributed by atoms with E-state index in [1.165, 1.54) is 7.11 Å². The Hall–Kier alpha value is -2.24. The van der Waals surface area contributed by atoms with Gasteiger partial charge in [-0.05, 0) is 12.1 Å². The molecule has 0 bridgehead atoms. The molecule has 0 radical (unpaired) electrons. The third kappa shape index (κ3) is 2.22. The van der Waals surface area contributed by atoms with E-state index in [2.05, 4.69) is 19.9 Å². The maximum atomic E-state index is 11.0. The van der Waals surface area contributed by atoms with Crippen molar-refractivity contribution in [1.29, 1.82) is 0 Å². The van der Waals surface area contributed by atoms with Crippen molar-refractivity contribution in [2.24, 2.45) is 0 Å². The van der Waals surface area contributed by atoms with E-state index in [9.17, 15) is 4.79 Å². The number of methoxy groups -OCH3 is 1. The molecule has 0 amide bonds. The molecule has 2 aromatic rings. The minimum Gasteiger partial charge on any atom is -0.469 e. The highest BCUT2D eigenvalue weighted by molar-refractivity contribution is 5.71. The summed E-state index contributed by atoms with van der Waals surface area (Å²) in [6, 6.07) is 3.57. The summed E-state index contributed by atoms with van der Waals surface area (Å²) >= 11 is 0. The number of hydrogen-bond acceptors (Lipinski definition) is 6. The van der Waals surface area contributed by atoms with Crippen LogP contribution >= 0.6 is 0 Å². The van der Waals surface area contributed by atoms with E-state index < -0.39 is 5.97 Å². The lowest BCUT2D eigenvalue weighted by atomic mass is 10.3. The van der Waals surface area contributed by atoms with E-state index in [4.69, 9.17) is 4.52 Å². The predicted octanol–water partition coefficient (Wildman–Crippen LogP) is 0.847. The summed E-state index contributed by atoms with van der Waals surface area (Å²) in [5.41, 5.74) is 0.738. The third-order valence-corrected chi connectivity index (χ3v) is 1.91. The zero-order valence-corrected chi connectivity index (χ0v) is 8.58. The molecule has 2 aromatic heterocycles. The molecule has 0 N–H and O–H groups in total. The fourth-order valence-corrected chi connectivity index (χ4v) is 1.13. The van der Waals surface area contributed by atoms with Gasteiger partial charge in [0.1, 0.15) is 6.42 Å². The molecule has 0 aliphatic carbocycles. The molecule has 0 unspecified atom stereocenters. The Kier molecular flexibility index (Phi) is 2.90. The number of aromatic nitrogens is 3. The van der Waals surface area contributed by atoms with Crippen LogP contribution in [0.3, 0.4) is 0 Å². The minimum atomic E-state index is -0.415. The molecule has 6 heteroatoms. The molecule has 2 heterocycles. The molecule has 0 aromatic carbocycles. The lowest BCUT2D eigenvalue weighted by Gasteiger charge is -1.92. The van der Waals surface area contributed by atoms with E-state index in [0.717, 1.165) is 5.56 Å². The van der Waals surface area contributed by atoms with Crippen molar-refractivity contribution in [1.82, 2.24) is 15.1 Å². The highest BCUT2D eigenvalue weighted by atomic mass is 16.5. The molecule has 16 heavy (non-hydrogen) atoms. The second-order valence-electron chi connectivity index (χ2n) is 3.01. The van der Waals surface area contributed by atoms with E-state index in [1.807, 2.05) is 0 Å². The van der Waals surface area contributed by atoms with E-state index in [0.29, 0.717) is 5.82 Å². The number of pyridine rings is 1. The number of carbonyl (C=O) groups excluding carboxylic acids is 1. The average molecular weight is 219 g/mol. The Bertz CT molecular complexity index is 481. The fraction of sp³-hybridized carbons (Fsp3) is 0.200. The normalized spacial score (nSPS) is 10.1. The summed E-state index contributed by atoms with van der Waals surface area (Å²) in [5, 5.41) is 3.74. The van der Waals surface area contributed by atoms with Gasteiger partial charge >= 0.3 is 5.97 Å². The molecule has 0 atom stereocenters. The summed E-state index contributed by atoms with van der Waals surface area (Å²) in [4.78, 5) is 18.9. The van der Waals surface area contributed by atoms with Gasteiger partial charge in [0, 0.05) is 18.0 Å².